The van der Waals surface area contributed by atoms with E-state index in [-0.39, 0.29) is 12.0 Å². The van der Waals surface area contributed by atoms with Crippen molar-refractivity contribution in [1.29, 1.82) is 0 Å². The highest BCUT2D eigenvalue weighted by molar-refractivity contribution is 8.01. The number of hydrogen-bond acceptors (Lipinski definition) is 7. The third kappa shape index (κ3) is 5.54. The van der Waals surface area contributed by atoms with E-state index in [1.807, 2.05) is 12.1 Å². The summed E-state index contributed by atoms with van der Waals surface area (Å²) >= 11 is 2.90. The van der Waals surface area contributed by atoms with Crippen LogP contribution in [0.5, 0.6) is 0 Å². The Balaban J connectivity index is 1.27. The summed E-state index contributed by atoms with van der Waals surface area (Å²) in [7, 11) is -3.64. The summed E-state index contributed by atoms with van der Waals surface area (Å²) in [6.45, 7) is 3.96. The molecule has 1 aromatic carbocycles. The summed E-state index contributed by atoms with van der Waals surface area (Å²) < 4.78 is 27.1. The SMILES string of the molecule is CC(C)CSc1nnc(NC(=O)CN(c2ccc(C34CC5CC(CC(C5)C3)C4)cc2)S(C)(=O)=O)s1. The molecule has 0 spiro atoms. The smallest absolute Gasteiger partial charge is 0.246 e. The summed E-state index contributed by atoms with van der Waals surface area (Å²) in [5.74, 6) is 3.56. The topological polar surface area (TPSA) is 92.3 Å². The average Bonchev–Trinajstić information content (AvgIpc) is 3.22. The van der Waals surface area contributed by atoms with Gasteiger partial charge in [-0.2, -0.15) is 0 Å². The number of nitrogens with one attached hydrogen (secondary N) is 1. The molecule has 35 heavy (non-hydrogen) atoms. The maximum Gasteiger partial charge on any atom is 0.246 e. The van der Waals surface area contributed by atoms with Gasteiger partial charge in [-0.3, -0.25) is 14.4 Å². The lowest BCUT2D eigenvalue weighted by Gasteiger charge is -2.57. The van der Waals surface area contributed by atoms with Crippen LogP contribution in [0.15, 0.2) is 28.6 Å². The number of nitrogens with zero attached hydrogens (tertiary/aromatic N) is 3. The van der Waals surface area contributed by atoms with Crippen LogP contribution in [0.25, 0.3) is 0 Å². The Bertz CT molecular complexity index is 1140. The molecule has 0 radical (unpaired) electrons. The van der Waals surface area contributed by atoms with Gasteiger partial charge in [-0.15, -0.1) is 10.2 Å². The van der Waals surface area contributed by atoms with Gasteiger partial charge in [-0.1, -0.05) is 49.1 Å². The van der Waals surface area contributed by atoms with E-state index in [9.17, 15) is 13.2 Å². The molecule has 6 rings (SSSR count). The lowest BCUT2D eigenvalue weighted by atomic mass is 9.48. The van der Waals surface area contributed by atoms with Crippen LogP contribution in [0, 0.1) is 23.7 Å². The van der Waals surface area contributed by atoms with Crippen LogP contribution in [0.3, 0.4) is 0 Å². The number of benzene rings is 1. The Hall–Kier alpha value is -1.65. The fourth-order valence-electron chi connectivity index (χ4n) is 6.69. The summed E-state index contributed by atoms with van der Waals surface area (Å²) in [5, 5.41) is 11.2. The Kier molecular flexibility index (Phi) is 6.91. The number of carbonyl (C=O) groups excluding carboxylic acids is 1. The van der Waals surface area contributed by atoms with Gasteiger partial charge in [0.25, 0.3) is 0 Å². The molecule has 0 atom stereocenters. The van der Waals surface area contributed by atoms with Crippen LogP contribution in [-0.4, -0.2) is 43.1 Å². The van der Waals surface area contributed by atoms with Crippen LogP contribution in [0.1, 0.15) is 57.9 Å². The van der Waals surface area contributed by atoms with E-state index in [1.54, 1.807) is 11.8 Å². The Labute approximate surface area is 216 Å². The number of thioether (sulfide) groups is 1. The molecule has 2 aromatic rings. The second kappa shape index (κ2) is 9.67. The Morgan fingerprint density at radius 3 is 2.26 bits per heavy atom. The number of amides is 1. The number of anilines is 2. The van der Waals surface area contributed by atoms with E-state index >= 15 is 0 Å². The average molecular weight is 535 g/mol. The first-order valence-electron chi connectivity index (χ1n) is 12.4. The first kappa shape index (κ1) is 25.0. The molecule has 0 aliphatic heterocycles. The molecule has 1 N–H and O–H groups in total. The van der Waals surface area contributed by atoms with Gasteiger partial charge in [0.2, 0.25) is 21.1 Å². The minimum Gasteiger partial charge on any atom is -0.299 e. The second-order valence-electron chi connectivity index (χ2n) is 11.1. The van der Waals surface area contributed by atoms with Gasteiger partial charge < -0.3 is 0 Å². The van der Waals surface area contributed by atoms with Crippen molar-refractivity contribution in [3.8, 4) is 0 Å². The van der Waals surface area contributed by atoms with Gasteiger partial charge in [0.15, 0.2) is 4.34 Å². The maximum atomic E-state index is 12.7. The fourth-order valence-corrected chi connectivity index (χ4v) is 9.29. The molecule has 4 aliphatic rings. The minimum atomic E-state index is -3.64. The first-order chi connectivity index (χ1) is 16.6. The first-order valence-corrected chi connectivity index (χ1v) is 16.1. The summed E-state index contributed by atoms with van der Waals surface area (Å²) in [6.07, 6.45) is 9.09. The molecular weight excluding hydrogens is 501 g/mol. The van der Waals surface area contributed by atoms with Gasteiger partial charge in [0.1, 0.15) is 6.54 Å². The molecule has 1 amide bonds. The van der Waals surface area contributed by atoms with Crippen molar-refractivity contribution in [3.63, 3.8) is 0 Å². The molecule has 1 aromatic heterocycles. The predicted octanol–water partition coefficient (Wildman–Crippen LogP) is 5.16. The van der Waals surface area contributed by atoms with Crippen LogP contribution >= 0.6 is 23.1 Å². The van der Waals surface area contributed by atoms with Crippen molar-refractivity contribution >= 4 is 49.8 Å². The van der Waals surface area contributed by atoms with Gasteiger partial charge in [0, 0.05) is 5.75 Å². The molecule has 1 heterocycles. The molecule has 4 saturated carbocycles. The molecule has 10 heteroatoms. The molecule has 7 nitrogen and oxygen atoms in total. The van der Waals surface area contributed by atoms with Gasteiger partial charge in [0.05, 0.1) is 11.9 Å². The quantitative estimate of drug-likeness (QED) is 0.353. The van der Waals surface area contributed by atoms with Crippen molar-refractivity contribution in [2.75, 3.05) is 28.2 Å². The van der Waals surface area contributed by atoms with E-state index in [0.29, 0.717) is 16.7 Å². The van der Waals surface area contributed by atoms with Gasteiger partial charge in [-0.05, 0) is 85.3 Å². The van der Waals surface area contributed by atoms with Crippen molar-refractivity contribution in [2.45, 2.75) is 62.1 Å². The molecule has 4 bridgehead atoms. The zero-order valence-corrected chi connectivity index (χ0v) is 23.0. The lowest BCUT2D eigenvalue weighted by molar-refractivity contribution is -0.114. The van der Waals surface area contributed by atoms with Crippen molar-refractivity contribution in [1.82, 2.24) is 10.2 Å². The minimum absolute atomic E-state index is 0.254. The zero-order chi connectivity index (χ0) is 24.8. The number of hydrogen-bond donors (Lipinski definition) is 1. The Morgan fingerprint density at radius 1 is 1.11 bits per heavy atom. The molecular formula is C25H34N4O3S3. The number of sulfonamides is 1. The highest BCUT2D eigenvalue weighted by Gasteiger charge is 2.51. The van der Waals surface area contributed by atoms with E-state index in [0.717, 1.165) is 34.1 Å². The normalized spacial score (nSPS) is 27.4. The van der Waals surface area contributed by atoms with Crippen LogP contribution < -0.4 is 9.62 Å². The number of rotatable bonds is 9. The van der Waals surface area contributed by atoms with Crippen LogP contribution in [0.4, 0.5) is 10.8 Å². The fraction of sp³-hybridized carbons (Fsp3) is 0.640. The van der Waals surface area contributed by atoms with Crippen LogP contribution in [0.2, 0.25) is 0 Å². The van der Waals surface area contributed by atoms with Gasteiger partial charge >= 0.3 is 0 Å². The van der Waals surface area contributed by atoms with E-state index < -0.39 is 15.9 Å². The standard InChI is InChI=1S/C25H34N4O3S3/c1-16(2)15-33-24-28-27-23(34-24)26-22(30)14-29(35(3,31)32)21-6-4-20(5-7-21)25-11-17-8-18(12-25)10-19(9-17)13-25/h4-7,16-19H,8-15H2,1-3H3,(H,26,27,30). The van der Waals surface area contributed by atoms with Crippen LogP contribution in [-0.2, 0) is 20.2 Å². The third-order valence-corrected chi connectivity index (χ3v) is 11.2. The highest BCUT2D eigenvalue weighted by Crippen LogP contribution is 2.60. The van der Waals surface area contributed by atoms with Crippen molar-refractivity contribution < 1.29 is 13.2 Å². The molecule has 0 saturated heterocycles. The maximum absolute atomic E-state index is 12.7. The number of aromatic nitrogens is 2. The van der Waals surface area contributed by atoms with Crippen molar-refractivity contribution in [3.05, 3.63) is 29.8 Å². The number of carbonyl (C=O) groups is 1. The zero-order valence-electron chi connectivity index (χ0n) is 20.6. The van der Waals surface area contributed by atoms with E-state index in [2.05, 4.69) is 41.5 Å². The van der Waals surface area contributed by atoms with E-state index in [1.165, 1.54) is 59.7 Å². The molecule has 4 fully saturated rings. The van der Waals surface area contributed by atoms with Crippen molar-refractivity contribution in [2.24, 2.45) is 23.7 Å². The second-order valence-corrected chi connectivity index (χ2v) is 15.3. The largest absolute Gasteiger partial charge is 0.299 e. The monoisotopic (exact) mass is 534 g/mol. The lowest BCUT2D eigenvalue weighted by Crippen LogP contribution is -2.48. The highest BCUT2D eigenvalue weighted by atomic mass is 32.2. The summed E-state index contributed by atoms with van der Waals surface area (Å²) in [4.78, 5) is 12.7. The summed E-state index contributed by atoms with van der Waals surface area (Å²) in [5.41, 5.74) is 2.10. The molecule has 190 valence electrons. The Morgan fingerprint density at radius 2 is 1.71 bits per heavy atom. The predicted molar refractivity (Wildman–Crippen MR) is 143 cm³/mol. The summed E-state index contributed by atoms with van der Waals surface area (Å²) in [6, 6.07) is 7.94. The molecule has 0 unspecified atom stereocenters. The van der Waals surface area contributed by atoms with Gasteiger partial charge in [-0.25, -0.2) is 8.42 Å². The van der Waals surface area contributed by atoms with E-state index in [4.69, 9.17) is 0 Å². The third-order valence-electron chi connectivity index (χ3n) is 7.69. The molecule has 4 aliphatic carbocycles.